The molecular formula is C18H19BrN4O. The lowest BCUT2D eigenvalue weighted by molar-refractivity contribution is -0.116. The van der Waals surface area contributed by atoms with Crippen LogP contribution in [0.1, 0.15) is 29.1 Å². The van der Waals surface area contributed by atoms with Crippen LogP contribution >= 0.6 is 15.9 Å². The molecule has 124 valence electrons. The molecule has 2 aromatic heterocycles. The summed E-state index contributed by atoms with van der Waals surface area (Å²) < 4.78 is 2.84. The van der Waals surface area contributed by atoms with E-state index in [1.54, 1.807) is 0 Å². The van der Waals surface area contributed by atoms with Crippen LogP contribution in [0.25, 0.3) is 5.65 Å². The molecule has 0 aliphatic carbocycles. The number of anilines is 1. The van der Waals surface area contributed by atoms with Crippen molar-refractivity contribution in [1.29, 1.82) is 0 Å². The molecule has 3 aromatic rings. The fourth-order valence-electron chi connectivity index (χ4n) is 2.80. The molecule has 0 spiro atoms. The Kier molecular flexibility index (Phi) is 4.66. The summed E-state index contributed by atoms with van der Waals surface area (Å²) in [5, 5.41) is 7.38. The predicted octanol–water partition coefficient (Wildman–Crippen LogP) is 3.99. The molecule has 0 aliphatic rings. The van der Waals surface area contributed by atoms with Gasteiger partial charge in [0, 0.05) is 34.0 Å². The van der Waals surface area contributed by atoms with Gasteiger partial charge in [-0.1, -0.05) is 15.9 Å². The van der Waals surface area contributed by atoms with Gasteiger partial charge in [0.15, 0.2) is 5.65 Å². The van der Waals surface area contributed by atoms with Crippen molar-refractivity contribution in [2.45, 2.75) is 33.6 Å². The molecule has 0 radical (unpaired) electrons. The summed E-state index contributed by atoms with van der Waals surface area (Å²) >= 11 is 3.38. The van der Waals surface area contributed by atoms with Gasteiger partial charge in [-0.25, -0.2) is 9.50 Å². The fourth-order valence-corrected chi connectivity index (χ4v) is 3.06. The van der Waals surface area contributed by atoms with E-state index in [0.717, 1.165) is 38.5 Å². The molecule has 6 heteroatoms. The maximum absolute atomic E-state index is 12.2. The second-order valence-electron chi connectivity index (χ2n) is 5.87. The van der Waals surface area contributed by atoms with Gasteiger partial charge in [0.1, 0.15) is 0 Å². The normalized spacial score (nSPS) is 11.0. The average molecular weight is 387 g/mol. The largest absolute Gasteiger partial charge is 0.326 e. The van der Waals surface area contributed by atoms with E-state index in [1.165, 1.54) is 0 Å². The van der Waals surface area contributed by atoms with Gasteiger partial charge in [-0.15, -0.1) is 0 Å². The van der Waals surface area contributed by atoms with E-state index in [2.05, 4.69) is 31.3 Å². The number of aryl methyl sites for hydroxylation is 3. The summed E-state index contributed by atoms with van der Waals surface area (Å²) in [6.07, 6.45) is 1.05. The fraction of sp³-hybridized carbons (Fsp3) is 0.278. The number of hydrogen-bond acceptors (Lipinski definition) is 3. The van der Waals surface area contributed by atoms with Crippen molar-refractivity contribution < 1.29 is 4.79 Å². The first kappa shape index (κ1) is 16.6. The van der Waals surface area contributed by atoms with Crippen LogP contribution in [0.2, 0.25) is 0 Å². The average Bonchev–Trinajstić information content (AvgIpc) is 2.90. The Bertz CT molecular complexity index is 900. The minimum Gasteiger partial charge on any atom is -0.326 e. The summed E-state index contributed by atoms with van der Waals surface area (Å²) in [5.41, 5.74) is 5.67. The zero-order valence-corrected chi connectivity index (χ0v) is 15.5. The molecule has 2 heterocycles. The minimum absolute atomic E-state index is 0.00661. The molecule has 3 rings (SSSR count). The number of carbonyl (C=O) groups excluding carboxylic acids is 1. The molecule has 24 heavy (non-hydrogen) atoms. The van der Waals surface area contributed by atoms with E-state index < -0.39 is 0 Å². The maximum atomic E-state index is 12.2. The van der Waals surface area contributed by atoms with Crippen LogP contribution in [-0.2, 0) is 11.2 Å². The Morgan fingerprint density at radius 3 is 2.62 bits per heavy atom. The lowest BCUT2D eigenvalue weighted by Crippen LogP contribution is -2.14. The Hall–Kier alpha value is -2.21. The molecule has 5 nitrogen and oxygen atoms in total. The first-order valence-corrected chi connectivity index (χ1v) is 8.61. The van der Waals surface area contributed by atoms with Crippen molar-refractivity contribution in [3.63, 3.8) is 0 Å². The highest BCUT2D eigenvalue weighted by Crippen LogP contribution is 2.18. The SMILES string of the molecule is Cc1cc2nc(C)c(CCC(=O)Nc3ccc(Br)cc3)c(C)n2n1. The molecule has 1 aromatic carbocycles. The molecule has 1 amide bonds. The quantitative estimate of drug-likeness (QED) is 0.737. The molecule has 0 aliphatic heterocycles. The van der Waals surface area contributed by atoms with E-state index in [4.69, 9.17) is 0 Å². The van der Waals surface area contributed by atoms with Crippen molar-refractivity contribution in [2.24, 2.45) is 0 Å². The van der Waals surface area contributed by atoms with E-state index >= 15 is 0 Å². The second-order valence-corrected chi connectivity index (χ2v) is 6.79. The Morgan fingerprint density at radius 1 is 1.21 bits per heavy atom. The van der Waals surface area contributed by atoms with Gasteiger partial charge in [-0.2, -0.15) is 5.10 Å². The van der Waals surface area contributed by atoms with Gasteiger partial charge in [-0.3, -0.25) is 4.79 Å². The van der Waals surface area contributed by atoms with E-state index in [9.17, 15) is 4.79 Å². The number of fused-ring (bicyclic) bond motifs is 1. The maximum Gasteiger partial charge on any atom is 0.224 e. The lowest BCUT2D eigenvalue weighted by atomic mass is 10.1. The third-order valence-corrected chi connectivity index (χ3v) is 4.54. The van der Waals surface area contributed by atoms with Crippen molar-refractivity contribution in [2.75, 3.05) is 5.32 Å². The van der Waals surface area contributed by atoms with Crippen LogP contribution in [-0.4, -0.2) is 20.5 Å². The molecule has 0 fully saturated rings. The van der Waals surface area contributed by atoms with E-state index in [-0.39, 0.29) is 5.91 Å². The van der Waals surface area contributed by atoms with Crippen LogP contribution in [0.4, 0.5) is 5.69 Å². The molecule has 1 N–H and O–H groups in total. The third-order valence-electron chi connectivity index (χ3n) is 4.02. The first-order valence-electron chi connectivity index (χ1n) is 7.82. The summed E-state index contributed by atoms with van der Waals surface area (Å²) in [5.74, 6) is -0.00661. The molecular weight excluding hydrogens is 368 g/mol. The van der Waals surface area contributed by atoms with Crippen molar-refractivity contribution in [3.05, 3.63) is 57.4 Å². The van der Waals surface area contributed by atoms with Gasteiger partial charge in [0.05, 0.1) is 5.69 Å². The van der Waals surface area contributed by atoms with Crippen LogP contribution in [0.3, 0.4) is 0 Å². The number of halogens is 1. The molecule has 0 saturated carbocycles. The predicted molar refractivity (Wildman–Crippen MR) is 98.3 cm³/mol. The highest BCUT2D eigenvalue weighted by molar-refractivity contribution is 9.10. The number of hydrogen-bond donors (Lipinski definition) is 1. The van der Waals surface area contributed by atoms with Crippen LogP contribution in [0.15, 0.2) is 34.8 Å². The molecule has 0 bridgehead atoms. The minimum atomic E-state index is -0.00661. The lowest BCUT2D eigenvalue weighted by Gasteiger charge is -2.11. The number of aromatic nitrogens is 3. The number of carbonyl (C=O) groups is 1. The second kappa shape index (κ2) is 6.73. The van der Waals surface area contributed by atoms with E-state index in [0.29, 0.717) is 12.8 Å². The van der Waals surface area contributed by atoms with Crippen LogP contribution in [0, 0.1) is 20.8 Å². The zero-order valence-electron chi connectivity index (χ0n) is 13.9. The highest BCUT2D eigenvalue weighted by atomic mass is 79.9. The molecule has 0 saturated heterocycles. The third kappa shape index (κ3) is 3.48. The topological polar surface area (TPSA) is 59.3 Å². The van der Waals surface area contributed by atoms with E-state index in [1.807, 2.05) is 55.6 Å². The number of benzene rings is 1. The van der Waals surface area contributed by atoms with Gasteiger partial charge in [-0.05, 0) is 57.0 Å². The van der Waals surface area contributed by atoms with Crippen molar-refractivity contribution in [1.82, 2.24) is 14.6 Å². The summed E-state index contributed by atoms with van der Waals surface area (Å²) in [7, 11) is 0. The van der Waals surface area contributed by atoms with Crippen LogP contribution < -0.4 is 5.32 Å². The Morgan fingerprint density at radius 2 is 1.92 bits per heavy atom. The first-order chi connectivity index (χ1) is 11.4. The Labute approximate surface area is 149 Å². The Balaban J connectivity index is 1.73. The molecule has 0 atom stereocenters. The number of nitrogens with one attached hydrogen (secondary N) is 1. The van der Waals surface area contributed by atoms with Gasteiger partial charge < -0.3 is 5.32 Å². The van der Waals surface area contributed by atoms with Gasteiger partial charge in [0.2, 0.25) is 5.91 Å². The molecule has 0 unspecified atom stereocenters. The monoisotopic (exact) mass is 386 g/mol. The van der Waals surface area contributed by atoms with Gasteiger partial charge >= 0.3 is 0 Å². The zero-order chi connectivity index (χ0) is 17.3. The smallest absolute Gasteiger partial charge is 0.224 e. The number of amides is 1. The van der Waals surface area contributed by atoms with Gasteiger partial charge in [0.25, 0.3) is 0 Å². The highest BCUT2D eigenvalue weighted by Gasteiger charge is 2.13. The standard InChI is InChI=1S/C18H19BrN4O/c1-11-10-17-20-12(2)16(13(3)23(17)22-11)8-9-18(24)21-15-6-4-14(19)5-7-15/h4-7,10H,8-9H2,1-3H3,(H,21,24). The number of nitrogens with zero attached hydrogens (tertiary/aromatic N) is 3. The summed E-state index contributed by atoms with van der Waals surface area (Å²) in [4.78, 5) is 16.8. The summed E-state index contributed by atoms with van der Waals surface area (Å²) in [6.45, 7) is 5.96. The van der Waals surface area contributed by atoms with Crippen LogP contribution in [0.5, 0.6) is 0 Å². The van der Waals surface area contributed by atoms with Crippen molar-refractivity contribution in [3.8, 4) is 0 Å². The summed E-state index contributed by atoms with van der Waals surface area (Å²) in [6, 6.07) is 9.52. The number of rotatable bonds is 4. The van der Waals surface area contributed by atoms with Crippen molar-refractivity contribution >= 4 is 33.2 Å².